The maximum atomic E-state index is 12.5. The van der Waals surface area contributed by atoms with Gasteiger partial charge in [0.2, 0.25) is 10.0 Å². The van der Waals surface area contributed by atoms with Crippen molar-refractivity contribution in [2.75, 3.05) is 13.2 Å². The minimum atomic E-state index is -3.65. The lowest BCUT2D eigenvalue weighted by molar-refractivity contribution is -0.156. The van der Waals surface area contributed by atoms with Gasteiger partial charge < -0.3 is 9.47 Å². The molecule has 1 aromatic rings. The van der Waals surface area contributed by atoms with E-state index in [0.29, 0.717) is 25.2 Å². The topological polar surface area (TPSA) is 81.7 Å². The van der Waals surface area contributed by atoms with Crippen LogP contribution in [0.15, 0.2) is 29.2 Å². The lowest BCUT2D eigenvalue weighted by Gasteiger charge is -2.38. The molecule has 3 rings (SSSR count). The molecule has 3 unspecified atom stereocenters. The second kappa shape index (κ2) is 6.68. The van der Waals surface area contributed by atoms with Crippen LogP contribution in [0, 0.1) is 0 Å². The van der Waals surface area contributed by atoms with Gasteiger partial charge in [-0.25, -0.2) is 13.1 Å². The van der Waals surface area contributed by atoms with Gasteiger partial charge in [-0.2, -0.15) is 0 Å². The van der Waals surface area contributed by atoms with E-state index in [2.05, 4.69) is 4.72 Å². The smallest absolute Gasteiger partial charge is 0.240 e. The normalized spacial score (nSPS) is 28.1. The van der Waals surface area contributed by atoms with Crippen molar-refractivity contribution in [1.29, 1.82) is 0 Å². The first-order chi connectivity index (χ1) is 11.0. The molecule has 23 heavy (non-hydrogen) atoms. The SMILES string of the molecule is CC(=O)c1cccc(S(=O)(=O)NC2CCC3OCCOC3C2)c1. The zero-order chi connectivity index (χ0) is 16.4. The number of fused-ring (bicyclic) bond motifs is 1. The van der Waals surface area contributed by atoms with Crippen LogP contribution in [0.4, 0.5) is 0 Å². The first-order valence-corrected chi connectivity index (χ1v) is 9.30. The number of rotatable bonds is 4. The molecule has 1 saturated heterocycles. The van der Waals surface area contributed by atoms with E-state index in [9.17, 15) is 13.2 Å². The Balaban J connectivity index is 1.71. The zero-order valence-corrected chi connectivity index (χ0v) is 13.8. The highest BCUT2D eigenvalue weighted by Crippen LogP contribution is 2.27. The largest absolute Gasteiger partial charge is 0.373 e. The third kappa shape index (κ3) is 3.80. The molecule has 0 aromatic heterocycles. The molecule has 1 heterocycles. The average Bonchev–Trinajstić information content (AvgIpc) is 2.54. The fourth-order valence-corrected chi connectivity index (χ4v) is 4.47. The van der Waals surface area contributed by atoms with Crippen LogP contribution in [0.25, 0.3) is 0 Å². The molecule has 2 aliphatic rings. The fraction of sp³-hybridized carbons (Fsp3) is 0.562. The van der Waals surface area contributed by atoms with Crippen molar-refractivity contribution in [3.05, 3.63) is 29.8 Å². The van der Waals surface area contributed by atoms with Crippen LogP contribution < -0.4 is 4.72 Å². The lowest BCUT2D eigenvalue weighted by atomic mass is 9.90. The second-order valence-corrected chi connectivity index (χ2v) is 7.75. The standard InChI is InChI=1S/C16H21NO5S/c1-11(18)12-3-2-4-14(9-12)23(19,20)17-13-5-6-15-16(10-13)22-8-7-21-15/h2-4,9,13,15-17H,5-8,10H2,1H3. The molecular weight excluding hydrogens is 318 g/mol. The van der Waals surface area contributed by atoms with Gasteiger partial charge >= 0.3 is 0 Å². The van der Waals surface area contributed by atoms with Gasteiger partial charge in [-0.1, -0.05) is 12.1 Å². The molecule has 0 radical (unpaired) electrons. The molecule has 1 aromatic carbocycles. The van der Waals surface area contributed by atoms with E-state index in [0.717, 1.165) is 12.8 Å². The first-order valence-electron chi connectivity index (χ1n) is 7.82. The first kappa shape index (κ1) is 16.6. The van der Waals surface area contributed by atoms with Crippen molar-refractivity contribution >= 4 is 15.8 Å². The van der Waals surface area contributed by atoms with Crippen LogP contribution in [0.3, 0.4) is 0 Å². The van der Waals surface area contributed by atoms with Crippen LogP contribution >= 0.6 is 0 Å². The van der Waals surface area contributed by atoms with Crippen LogP contribution in [0.1, 0.15) is 36.5 Å². The summed E-state index contributed by atoms with van der Waals surface area (Å²) in [6, 6.07) is 5.93. The summed E-state index contributed by atoms with van der Waals surface area (Å²) in [6.07, 6.45) is 2.14. The molecule has 126 valence electrons. The molecule has 0 spiro atoms. The molecule has 0 bridgehead atoms. The van der Waals surface area contributed by atoms with E-state index in [1.807, 2.05) is 0 Å². The van der Waals surface area contributed by atoms with Crippen LogP contribution in [0.5, 0.6) is 0 Å². The Morgan fingerprint density at radius 1 is 1.17 bits per heavy atom. The number of ether oxygens (including phenoxy) is 2. The number of Topliss-reactive ketones (excluding diaryl/α,β-unsaturated/α-hetero) is 1. The summed E-state index contributed by atoms with van der Waals surface area (Å²) in [5.74, 6) is -0.157. The monoisotopic (exact) mass is 339 g/mol. The number of nitrogens with one attached hydrogen (secondary N) is 1. The van der Waals surface area contributed by atoms with Crippen LogP contribution in [-0.2, 0) is 19.5 Å². The zero-order valence-electron chi connectivity index (χ0n) is 13.0. The summed E-state index contributed by atoms with van der Waals surface area (Å²) in [5.41, 5.74) is 0.389. The van der Waals surface area contributed by atoms with Crippen molar-refractivity contribution in [2.24, 2.45) is 0 Å². The summed E-state index contributed by atoms with van der Waals surface area (Å²) in [7, 11) is -3.65. The molecule has 0 amide bonds. The highest BCUT2D eigenvalue weighted by Gasteiger charge is 2.35. The number of benzene rings is 1. The van der Waals surface area contributed by atoms with E-state index in [-0.39, 0.29) is 28.9 Å². The maximum Gasteiger partial charge on any atom is 0.240 e. The predicted octanol–water partition coefficient (Wildman–Crippen LogP) is 1.50. The van der Waals surface area contributed by atoms with Gasteiger partial charge in [0.15, 0.2) is 5.78 Å². The van der Waals surface area contributed by atoms with Gasteiger partial charge in [0.25, 0.3) is 0 Å². The third-order valence-corrected chi connectivity index (χ3v) is 5.87. The van der Waals surface area contributed by atoms with E-state index < -0.39 is 10.0 Å². The van der Waals surface area contributed by atoms with Crippen molar-refractivity contribution < 1.29 is 22.7 Å². The maximum absolute atomic E-state index is 12.5. The van der Waals surface area contributed by atoms with Crippen LogP contribution in [-0.4, -0.2) is 45.7 Å². The molecule has 1 aliphatic heterocycles. The molecule has 6 nitrogen and oxygen atoms in total. The number of hydrogen-bond donors (Lipinski definition) is 1. The number of ketones is 1. The van der Waals surface area contributed by atoms with Crippen molar-refractivity contribution in [1.82, 2.24) is 4.72 Å². The molecule has 1 aliphatic carbocycles. The third-order valence-electron chi connectivity index (χ3n) is 4.35. The van der Waals surface area contributed by atoms with Gasteiger partial charge in [-0.15, -0.1) is 0 Å². The molecule has 1 N–H and O–H groups in total. The van der Waals surface area contributed by atoms with Gasteiger partial charge in [0, 0.05) is 11.6 Å². The van der Waals surface area contributed by atoms with Gasteiger partial charge in [0.1, 0.15) is 0 Å². The number of hydrogen-bond acceptors (Lipinski definition) is 5. The second-order valence-electron chi connectivity index (χ2n) is 6.03. The van der Waals surface area contributed by atoms with Gasteiger partial charge in [-0.05, 0) is 38.3 Å². The molecule has 1 saturated carbocycles. The van der Waals surface area contributed by atoms with E-state index in [1.165, 1.54) is 19.1 Å². The van der Waals surface area contributed by atoms with Crippen molar-refractivity contribution in [3.8, 4) is 0 Å². The summed E-state index contributed by atoms with van der Waals surface area (Å²) < 4.78 is 39.1. The highest BCUT2D eigenvalue weighted by molar-refractivity contribution is 7.89. The quantitative estimate of drug-likeness (QED) is 0.841. The fourth-order valence-electron chi connectivity index (χ4n) is 3.14. The molecular formula is C16H21NO5S. The number of carbonyl (C=O) groups is 1. The average molecular weight is 339 g/mol. The summed E-state index contributed by atoms with van der Waals surface area (Å²) in [6.45, 7) is 2.58. The van der Waals surface area contributed by atoms with E-state index >= 15 is 0 Å². The van der Waals surface area contributed by atoms with Crippen molar-refractivity contribution in [2.45, 2.75) is 49.3 Å². The number of sulfonamides is 1. The summed E-state index contributed by atoms with van der Waals surface area (Å²) in [4.78, 5) is 11.5. The van der Waals surface area contributed by atoms with E-state index in [1.54, 1.807) is 12.1 Å². The Morgan fingerprint density at radius 3 is 2.65 bits per heavy atom. The Bertz CT molecular complexity index is 687. The summed E-state index contributed by atoms with van der Waals surface area (Å²) >= 11 is 0. The van der Waals surface area contributed by atoms with Crippen LogP contribution in [0.2, 0.25) is 0 Å². The van der Waals surface area contributed by atoms with Crippen molar-refractivity contribution in [3.63, 3.8) is 0 Å². The number of carbonyl (C=O) groups excluding carboxylic acids is 1. The molecule has 3 atom stereocenters. The minimum absolute atomic E-state index is 0.0475. The Hall–Kier alpha value is -1.28. The van der Waals surface area contributed by atoms with Gasteiger partial charge in [-0.3, -0.25) is 4.79 Å². The molecule has 2 fully saturated rings. The minimum Gasteiger partial charge on any atom is -0.373 e. The summed E-state index contributed by atoms with van der Waals surface area (Å²) in [5, 5.41) is 0. The lowest BCUT2D eigenvalue weighted by Crippen LogP contribution is -2.49. The van der Waals surface area contributed by atoms with Gasteiger partial charge in [0.05, 0.1) is 30.3 Å². The van der Waals surface area contributed by atoms with E-state index in [4.69, 9.17) is 9.47 Å². The Labute approximate surface area is 136 Å². The highest BCUT2D eigenvalue weighted by atomic mass is 32.2. The molecule has 7 heteroatoms. The Kier molecular flexibility index (Phi) is 4.82. The predicted molar refractivity (Wildman–Crippen MR) is 83.9 cm³/mol. The Morgan fingerprint density at radius 2 is 1.91 bits per heavy atom.